The van der Waals surface area contributed by atoms with Crippen LogP contribution in [0.15, 0.2) is 30.0 Å². The van der Waals surface area contributed by atoms with Crippen molar-refractivity contribution in [2.75, 3.05) is 5.32 Å². The maximum atomic E-state index is 9.38. The van der Waals surface area contributed by atoms with E-state index in [1.54, 1.807) is 12.1 Å². The van der Waals surface area contributed by atoms with E-state index in [0.717, 1.165) is 0 Å². The molecule has 0 aliphatic rings. The Morgan fingerprint density at radius 2 is 2.07 bits per heavy atom. The Kier molecular flexibility index (Phi) is 3.56. The van der Waals surface area contributed by atoms with Crippen molar-refractivity contribution in [3.8, 4) is 17.9 Å². The average molecular weight is 220 g/mol. The quantitative estimate of drug-likeness (QED) is 0.591. The van der Waals surface area contributed by atoms with Crippen molar-refractivity contribution in [2.45, 2.75) is 0 Å². The van der Waals surface area contributed by atoms with E-state index in [9.17, 15) is 5.11 Å². The summed E-state index contributed by atoms with van der Waals surface area (Å²) in [4.78, 5) is 0. The number of anilines is 1. The Bertz CT molecular complexity index is 466. The molecule has 0 heterocycles. The largest absolute Gasteiger partial charge is 0.506 e. The third-order valence-corrected chi connectivity index (χ3v) is 1.81. The molecule has 74 valence electrons. The van der Waals surface area contributed by atoms with Crippen LogP contribution in [0.5, 0.6) is 5.75 Å². The topological polar surface area (TPSA) is 79.8 Å². The van der Waals surface area contributed by atoms with Crippen molar-refractivity contribution in [3.63, 3.8) is 0 Å². The molecule has 1 aromatic carbocycles. The molecule has 0 fully saturated rings. The molecule has 0 aliphatic carbocycles. The fraction of sp³-hybridized carbons (Fsp3) is 0. The van der Waals surface area contributed by atoms with Crippen molar-refractivity contribution in [2.24, 2.45) is 0 Å². The highest BCUT2D eigenvalue weighted by Gasteiger charge is 2.00. The third kappa shape index (κ3) is 2.91. The summed E-state index contributed by atoms with van der Waals surface area (Å²) >= 11 is 5.70. The first kappa shape index (κ1) is 10.9. The molecule has 0 unspecified atom stereocenters. The van der Waals surface area contributed by atoms with E-state index in [1.807, 2.05) is 0 Å². The van der Waals surface area contributed by atoms with Crippen LogP contribution in [0.1, 0.15) is 0 Å². The lowest BCUT2D eigenvalue weighted by atomic mass is 10.3. The number of nitrogens with one attached hydrogen (secondary N) is 1. The molecule has 0 amide bonds. The minimum absolute atomic E-state index is 0.00844. The van der Waals surface area contributed by atoms with E-state index in [-0.39, 0.29) is 11.3 Å². The lowest BCUT2D eigenvalue weighted by molar-refractivity contribution is 0.477. The first-order chi connectivity index (χ1) is 7.17. The number of benzene rings is 1. The van der Waals surface area contributed by atoms with Crippen molar-refractivity contribution in [1.29, 1.82) is 10.5 Å². The zero-order valence-corrected chi connectivity index (χ0v) is 8.28. The van der Waals surface area contributed by atoms with E-state index >= 15 is 0 Å². The fourth-order valence-corrected chi connectivity index (χ4v) is 1.04. The SMILES string of the molecule is N#CC(C#N)=CNc1cc(Cl)ccc1O. The van der Waals surface area contributed by atoms with Crippen LogP contribution >= 0.6 is 11.6 Å². The van der Waals surface area contributed by atoms with Crippen LogP contribution in [0.4, 0.5) is 5.69 Å². The highest BCUT2D eigenvalue weighted by atomic mass is 35.5. The second-order valence-electron chi connectivity index (χ2n) is 2.59. The molecule has 0 radical (unpaired) electrons. The van der Waals surface area contributed by atoms with Crippen LogP contribution in [0, 0.1) is 22.7 Å². The van der Waals surface area contributed by atoms with Crippen LogP contribution in [0.2, 0.25) is 5.02 Å². The van der Waals surface area contributed by atoms with E-state index < -0.39 is 0 Å². The predicted molar refractivity (Wildman–Crippen MR) is 56.0 cm³/mol. The standard InChI is InChI=1S/C10H6ClN3O/c11-8-1-2-10(15)9(3-8)14-6-7(4-12)5-13/h1-3,6,14-15H. The Morgan fingerprint density at radius 3 is 2.67 bits per heavy atom. The molecular weight excluding hydrogens is 214 g/mol. The smallest absolute Gasteiger partial charge is 0.145 e. The summed E-state index contributed by atoms with van der Waals surface area (Å²) in [5.74, 6) is -0.00844. The summed E-state index contributed by atoms with van der Waals surface area (Å²) in [6.07, 6.45) is 1.20. The van der Waals surface area contributed by atoms with Crippen molar-refractivity contribution >= 4 is 17.3 Å². The van der Waals surface area contributed by atoms with Gasteiger partial charge in [0.2, 0.25) is 0 Å². The molecule has 0 aliphatic heterocycles. The summed E-state index contributed by atoms with van der Waals surface area (Å²) in [6.45, 7) is 0. The minimum Gasteiger partial charge on any atom is -0.506 e. The molecule has 2 N–H and O–H groups in total. The number of hydrogen-bond acceptors (Lipinski definition) is 4. The van der Waals surface area contributed by atoms with Crippen molar-refractivity contribution < 1.29 is 5.11 Å². The molecule has 1 aromatic rings. The second kappa shape index (κ2) is 4.90. The molecular formula is C10H6ClN3O. The molecule has 0 atom stereocenters. The molecule has 1 rings (SSSR count). The predicted octanol–water partition coefficient (Wildman–Crippen LogP) is 2.39. The Labute approximate surface area is 91.6 Å². The number of nitrogens with zero attached hydrogens (tertiary/aromatic N) is 2. The summed E-state index contributed by atoms with van der Waals surface area (Å²) in [5.41, 5.74) is 0.250. The highest BCUT2D eigenvalue weighted by Crippen LogP contribution is 2.26. The first-order valence-corrected chi connectivity index (χ1v) is 4.30. The van der Waals surface area contributed by atoms with Gasteiger partial charge in [-0.1, -0.05) is 11.6 Å². The number of rotatable bonds is 2. The molecule has 0 saturated carbocycles. The number of phenolic OH excluding ortho intramolecular Hbond substituents is 1. The van der Waals surface area contributed by atoms with Gasteiger partial charge < -0.3 is 10.4 Å². The van der Waals surface area contributed by atoms with Crippen molar-refractivity contribution in [1.82, 2.24) is 0 Å². The number of phenols is 1. The fourth-order valence-electron chi connectivity index (χ4n) is 0.863. The lowest BCUT2D eigenvalue weighted by Gasteiger charge is -2.03. The van der Waals surface area contributed by atoms with Gasteiger partial charge in [0.05, 0.1) is 5.69 Å². The van der Waals surface area contributed by atoms with Crippen LogP contribution < -0.4 is 5.32 Å². The van der Waals surface area contributed by atoms with E-state index in [0.29, 0.717) is 10.7 Å². The normalized spacial score (nSPS) is 8.47. The van der Waals surface area contributed by atoms with Gasteiger partial charge in [0.15, 0.2) is 0 Å². The molecule has 0 bridgehead atoms. The van der Waals surface area contributed by atoms with Gasteiger partial charge >= 0.3 is 0 Å². The Hall–Kier alpha value is -2.17. The van der Waals surface area contributed by atoms with E-state index in [4.69, 9.17) is 22.1 Å². The second-order valence-corrected chi connectivity index (χ2v) is 3.02. The Morgan fingerprint density at radius 1 is 1.40 bits per heavy atom. The third-order valence-electron chi connectivity index (χ3n) is 1.57. The zero-order valence-electron chi connectivity index (χ0n) is 7.53. The number of hydrogen-bond donors (Lipinski definition) is 2. The average Bonchev–Trinajstić information content (AvgIpc) is 2.24. The zero-order chi connectivity index (χ0) is 11.3. The molecule has 0 spiro atoms. The van der Waals surface area contributed by atoms with Gasteiger partial charge in [-0.2, -0.15) is 10.5 Å². The van der Waals surface area contributed by atoms with E-state index in [2.05, 4.69) is 5.32 Å². The van der Waals surface area contributed by atoms with Crippen LogP contribution in [-0.2, 0) is 0 Å². The number of halogens is 1. The molecule has 4 nitrogen and oxygen atoms in total. The summed E-state index contributed by atoms with van der Waals surface area (Å²) in [6, 6.07) is 7.79. The van der Waals surface area contributed by atoms with Gasteiger partial charge in [0.1, 0.15) is 23.5 Å². The molecule has 0 aromatic heterocycles. The van der Waals surface area contributed by atoms with Gasteiger partial charge in [0, 0.05) is 11.2 Å². The van der Waals surface area contributed by atoms with Crippen LogP contribution in [0.25, 0.3) is 0 Å². The van der Waals surface area contributed by atoms with Gasteiger partial charge in [0.25, 0.3) is 0 Å². The number of aromatic hydroxyl groups is 1. The maximum absolute atomic E-state index is 9.38. The summed E-state index contributed by atoms with van der Waals surface area (Å²) in [5, 5.41) is 29.4. The van der Waals surface area contributed by atoms with Crippen LogP contribution in [-0.4, -0.2) is 5.11 Å². The Balaban J connectivity index is 2.92. The summed E-state index contributed by atoms with van der Waals surface area (Å²) in [7, 11) is 0. The van der Waals surface area contributed by atoms with Gasteiger partial charge in [-0.3, -0.25) is 0 Å². The van der Waals surface area contributed by atoms with Gasteiger partial charge in [-0.25, -0.2) is 0 Å². The number of nitriles is 2. The van der Waals surface area contributed by atoms with E-state index in [1.165, 1.54) is 24.4 Å². The lowest BCUT2D eigenvalue weighted by Crippen LogP contribution is -1.90. The number of allylic oxidation sites excluding steroid dienone is 1. The maximum Gasteiger partial charge on any atom is 0.145 e. The monoisotopic (exact) mass is 219 g/mol. The van der Waals surface area contributed by atoms with Crippen LogP contribution in [0.3, 0.4) is 0 Å². The first-order valence-electron chi connectivity index (χ1n) is 3.93. The molecule has 5 heteroatoms. The van der Waals surface area contributed by atoms with Gasteiger partial charge in [-0.05, 0) is 18.2 Å². The van der Waals surface area contributed by atoms with Crippen molar-refractivity contribution in [3.05, 3.63) is 35.0 Å². The highest BCUT2D eigenvalue weighted by molar-refractivity contribution is 6.30. The molecule has 0 saturated heterocycles. The molecule has 15 heavy (non-hydrogen) atoms. The minimum atomic E-state index is -0.0885. The summed E-state index contributed by atoms with van der Waals surface area (Å²) < 4.78 is 0. The van der Waals surface area contributed by atoms with Gasteiger partial charge in [-0.15, -0.1) is 0 Å².